The van der Waals surface area contributed by atoms with Gasteiger partial charge >= 0.3 is 0 Å². The SMILES string of the molecule is CC(C)C(O)CCNC(=O)C(c1ccccc1)C1CC1. The van der Waals surface area contributed by atoms with Gasteiger partial charge in [0.05, 0.1) is 12.0 Å². The lowest BCUT2D eigenvalue weighted by molar-refractivity contribution is -0.123. The van der Waals surface area contributed by atoms with Gasteiger partial charge in [0.15, 0.2) is 0 Å². The molecule has 1 aromatic rings. The van der Waals surface area contributed by atoms with Crippen molar-refractivity contribution in [1.29, 1.82) is 0 Å². The van der Waals surface area contributed by atoms with Crippen LogP contribution < -0.4 is 5.32 Å². The Morgan fingerprint density at radius 1 is 1.30 bits per heavy atom. The highest BCUT2D eigenvalue weighted by Gasteiger charge is 2.36. The molecule has 3 heteroatoms. The molecule has 0 spiro atoms. The highest BCUT2D eigenvalue weighted by atomic mass is 16.3. The van der Waals surface area contributed by atoms with Gasteiger partial charge in [-0.25, -0.2) is 0 Å². The fraction of sp³-hybridized carbons (Fsp3) is 0.588. The molecule has 0 bridgehead atoms. The van der Waals surface area contributed by atoms with Gasteiger partial charge in [0.25, 0.3) is 0 Å². The van der Waals surface area contributed by atoms with E-state index >= 15 is 0 Å². The molecule has 0 radical (unpaired) electrons. The number of aliphatic hydroxyl groups excluding tert-OH is 1. The Hall–Kier alpha value is -1.35. The monoisotopic (exact) mass is 275 g/mol. The van der Waals surface area contributed by atoms with Gasteiger partial charge in [-0.05, 0) is 36.7 Å². The summed E-state index contributed by atoms with van der Waals surface area (Å²) < 4.78 is 0. The molecule has 1 aromatic carbocycles. The zero-order valence-corrected chi connectivity index (χ0v) is 12.4. The molecule has 2 N–H and O–H groups in total. The summed E-state index contributed by atoms with van der Waals surface area (Å²) >= 11 is 0. The van der Waals surface area contributed by atoms with E-state index in [9.17, 15) is 9.90 Å². The normalized spacial score (nSPS) is 17.8. The van der Waals surface area contributed by atoms with Crippen molar-refractivity contribution in [2.45, 2.75) is 45.1 Å². The second-order valence-corrected chi connectivity index (χ2v) is 6.12. The molecule has 0 saturated heterocycles. The maximum atomic E-state index is 12.4. The first-order valence-electron chi connectivity index (χ1n) is 7.60. The van der Waals surface area contributed by atoms with E-state index in [1.807, 2.05) is 44.2 Å². The van der Waals surface area contributed by atoms with Crippen LogP contribution in [0.1, 0.15) is 44.6 Å². The number of aliphatic hydroxyl groups is 1. The van der Waals surface area contributed by atoms with E-state index in [-0.39, 0.29) is 23.8 Å². The van der Waals surface area contributed by atoms with Crippen LogP contribution in [0.15, 0.2) is 30.3 Å². The van der Waals surface area contributed by atoms with Crippen molar-refractivity contribution in [2.24, 2.45) is 11.8 Å². The average Bonchev–Trinajstić information content (AvgIpc) is 3.24. The summed E-state index contributed by atoms with van der Waals surface area (Å²) in [5.74, 6) is 0.815. The Morgan fingerprint density at radius 2 is 1.95 bits per heavy atom. The fourth-order valence-corrected chi connectivity index (χ4v) is 2.51. The zero-order chi connectivity index (χ0) is 14.5. The molecule has 2 unspecified atom stereocenters. The third-order valence-electron chi connectivity index (χ3n) is 4.04. The number of benzene rings is 1. The minimum absolute atomic E-state index is 0.0209. The van der Waals surface area contributed by atoms with Gasteiger partial charge in [-0.15, -0.1) is 0 Å². The molecule has 1 amide bonds. The minimum atomic E-state index is -0.341. The Balaban J connectivity index is 1.89. The van der Waals surface area contributed by atoms with E-state index in [4.69, 9.17) is 0 Å². The number of hydrogen-bond acceptors (Lipinski definition) is 2. The summed E-state index contributed by atoms with van der Waals surface area (Å²) in [4.78, 5) is 12.4. The van der Waals surface area contributed by atoms with Crippen molar-refractivity contribution in [3.63, 3.8) is 0 Å². The molecule has 2 atom stereocenters. The summed E-state index contributed by atoms with van der Waals surface area (Å²) in [7, 11) is 0. The second-order valence-electron chi connectivity index (χ2n) is 6.12. The van der Waals surface area contributed by atoms with Gasteiger partial charge < -0.3 is 10.4 Å². The molecule has 1 saturated carbocycles. The minimum Gasteiger partial charge on any atom is -0.393 e. The molecule has 0 aliphatic heterocycles. The molecule has 1 aliphatic rings. The van der Waals surface area contributed by atoms with Crippen molar-refractivity contribution in [3.05, 3.63) is 35.9 Å². The molecular weight excluding hydrogens is 250 g/mol. The predicted octanol–water partition coefficient (Wildman–Crippen LogP) is 2.70. The molecule has 1 aliphatic carbocycles. The lowest BCUT2D eigenvalue weighted by Gasteiger charge is -2.18. The van der Waals surface area contributed by atoms with Crippen LogP contribution in [0.2, 0.25) is 0 Å². The van der Waals surface area contributed by atoms with Crippen LogP contribution in [0.3, 0.4) is 0 Å². The molecule has 20 heavy (non-hydrogen) atoms. The number of carbonyl (C=O) groups is 1. The summed E-state index contributed by atoms with van der Waals surface area (Å²) in [6.07, 6.45) is 2.56. The van der Waals surface area contributed by atoms with Crippen molar-refractivity contribution in [1.82, 2.24) is 5.32 Å². The van der Waals surface area contributed by atoms with Gasteiger partial charge in [-0.2, -0.15) is 0 Å². The van der Waals surface area contributed by atoms with Crippen molar-refractivity contribution in [3.8, 4) is 0 Å². The first kappa shape index (κ1) is 15.0. The average molecular weight is 275 g/mol. The first-order chi connectivity index (χ1) is 9.59. The van der Waals surface area contributed by atoms with Gasteiger partial charge in [0, 0.05) is 6.54 Å². The van der Waals surface area contributed by atoms with Crippen molar-refractivity contribution in [2.75, 3.05) is 6.54 Å². The number of rotatable bonds is 7. The number of carbonyl (C=O) groups excluding carboxylic acids is 1. The quantitative estimate of drug-likeness (QED) is 0.804. The molecular formula is C17H25NO2. The smallest absolute Gasteiger partial charge is 0.227 e. The van der Waals surface area contributed by atoms with Crippen LogP contribution in [0.4, 0.5) is 0 Å². The van der Waals surface area contributed by atoms with Crippen molar-refractivity contribution < 1.29 is 9.90 Å². The van der Waals surface area contributed by atoms with Crippen molar-refractivity contribution >= 4 is 5.91 Å². The summed E-state index contributed by atoms with van der Waals surface area (Å²) in [6.45, 7) is 4.53. The van der Waals surface area contributed by atoms with Crippen LogP contribution in [0.5, 0.6) is 0 Å². The molecule has 0 heterocycles. The molecule has 3 nitrogen and oxygen atoms in total. The van der Waals surface area contributed by atoms with Crippen LogP contribution in [0, 0.1) is 11.8 Å². The fourth-order valence-electron chi connectivity index (χ4n) is 2.51. The summed E-state index contributed by atoms with van der Waals surface area (Å²) in [5.41, 5.74) is 1.11. The second kappa shape index (κ2) is 6.89. The zero-order valence-electron chi connectivity index (χ0n) is 12.4. The van der Waals surface area contributed by atoms with Crippen LogP contribution in [-0.4, -0.2) is 23.7 Å². The molecule has 2 rings (SSSR count). The molecule has 0 aromatic heterocycles. The molecule has 110 valence electrons. The maximum absolute atomic E-state index is 12.4. The Labute approximate surface area is 121 Å². The standard InChI is InChI=1S/C17H25NO2/c1-12(2)15(19)10-11-18-17(20)16(14-8-9-14)13-6-4-3-5-7-13/h3-7,12,14-16,19H,8-11H2,1-2H3,(H,18,20). The third kappa shape index (κ3) is 4.07. The Kier molecular flexibility index (Phi) is 5.18. The topological polar surface area (TPSA) is 49.3 Å². The highest BCUT2D eigenvalue weighted by molar-refractivity contribution is 5.84. The van der Waals surface area contributed by atoms with E-state index in [0.29, 0.717) is 18.9 Å². The highest BCUT2D eigenvalue weighted by Crippen LogP contribution is 2.42. The Bertz CT molecular complexity index is 426. The molecule has 1 fully saturated rings. The maximum Gasteiger partial charge on any atom is 0.227 e. The summed E-state index contributed by atoms with van der Waals surface area (Å²) in [5, 5.41) is 12.8. The third-order valence-corrected chi connectivity index (χ3v) is 4.04. The van der Waals surface area contributed by atoms with E-state index in [1.165, 1.54) is 0 Å². The van der Waals surface area contributed by atoms with Crippen LogP contribution in [-0.2, 0) is 4.79 Å². The summed E-state index contributed by atoms with van der Waals surface area (Å²) in [6, 6.07) is 10.0. The lowest BCUT2D eigenvalue weighted by Crippen LogP contribution is -2.33. The predicted molar refractivity (Wildman–Crippen MR) is 80.4 cm³/mol. The van der Waals surface area contributed by atoms with E-state index in [2.05, 4.69) is 5.32 Å². The van der Waals surface area contributed by atoms with Crippen LogP contribution in [0.25, 0.3) is 0 Å². The first-order valence-corrected chi connectivity index (χ1v) is 7.60. The number of hydrogen-bond donors (Lipinski definition) is 2. The van der Waals surface area contributed by atoms with Crippen LogP contribution >= 0.6 is 0 Å². The van der Waals surface area contributed by atoms with E-state index < -0.39 is 0 Å². The largest absolute Gasteiger partial charge is 0.393 e. The van der Waals surface area contributed by atoms with Gasteiger partial charge in [0.1, 0.15) is 0 Å². The van der Waals surface area contributed by atoms with E-state index in [0.717, 1.165) is 18.4 Å². The number of amides is 1. The van der Waals surface area contributed by atoms with Gasteiger partial charge in [-0.3, -0.25) is 4.79 Å². The van der Waals surface area contributed by atoms with Gasteiger partial charge in [0.2, 0.25) is 5.91 Å². The number of nitrogens with one attached hydrogen (secondary N) is 1. The Morgan fingerprint density at radius 3 is 2.50 bits per heavy atom. The lowest BCUT2D eigenvalue weighted by atomic mass is 9.93. The van der Waals surface area contributed by atoms with E-state index in [1.54, 1.807) is 0 Å². The van der Waals surface area contributed by atoms with Gasteiger partial charge in [-0.1, -0.05) is 44.2 Å².